The van der Waals surface area contributed by atoms with Gasteiger partial charge in [-0.15, -0.1) is 6.58 Å². The lowest BCUT2D eigenvalue weighted by Gasteiger charge is -2.21. The largest absolute Gasteiger partial charge is 0.395 e. The molecule has 0 heterocycles. The van der Waals surface area contributed by atoms with Gasteiger partial charge in [-0.3, -0.25) is 4.79 Å². The average molecular weight is 233 g/mol. The molecule has 0 saturated heterocycles. The van der Waals surface area contributed by atoms with Crippen LogP contribution >= 0.6 is 0 Å². The van der Waals surface area contributed by atoms with Crippen LogP contribution in [0, 0.1) is 13.8 Å². The fourth-order valence-corrected chi connectivity index (χ4v) is 1.78. The van der Waals surface area contributed by atoms with Crippen LogP contribution in [0.2, 0.25) is 0 Å². The van der Waals surface area contributed by atoms with Crippen molar-refractivity contribution in [3.05, 3.63) is 47.5 Å². The van der Waals surface area contributed by atoms with Crippen molar-refractivity contribution in [2.24, 2.45) is 0 Å². The quantitative estimate of drug-likeness (QED) is 0.789. The summed E-state index contributed by atoms with van der Waals surface area (Å²) >= 11 is 0. The van der Waals surface area contributed by atoms with Gasteiger partial charge in [-0.1, -0.05) is 23.8 Å². The van der Waals surface area contributed by atoms with Crippen LogP contribution in [0.4, 0.5) is 0 Å². The van der Waals surface area contributed by atoms with Crippen LogP contribution in [-0.2, 0) is 0 Å². The minimum absolute atomic E-state index is 0.0372. The minimum Gasteiger partial charge on any atom is -0.395 e. The van der Waals surface area contributed by atoms with Crippen LogP contribution in [0.5, 0.6) is 0 Å². The number of rotatable bonds is 5. The summed E-state index contributed by atoms with van der Waals surface area (Å²) in [6, 6.07) is 5.74. The summed E-state index contributed by atoms with van der Waals surface area (Å²) in [6.45, 7) is 8.28. The van der Waals surface area contributed by atoms with Crippen LogP contribution < -0.4 is 0 Å². The summed E-state index contributed by atoms with van der Waals surface area (Å²) in [4.78, 5) is 13.8. The second-order valence-corrected chi connectivity index (χ2v) is 4.08. The smallest absolute Gasteiger partial charge is 0.254 e. The first-order chi connectivity index (χ1) is 8.10. The van der Waals surface area contributed by atoms with Gasteiger partial charge in [0.25, 0.3) is 5.91 Å². The van der Waals surface area contributed by atoms with Crippen molar-refractivity contribution in [3.63, 3.8) is 0 Å². The maximum absolute atomic E-state index is 12.2. The molecule has 0 saturated carbocycles. The number of aliphatic hydroxyl groups excluding tert-OH is 1. The minimum atomic E-state index is -0.0588. The van der Waals surface area contributed by atoms with Crippen molar-refractivity contribution in [1.82, 2.24) is 4.90 Å². The molecule has 0 aliphatic carbocycles. The highest BCUT2D eigenvalue weighted by Crippen LogP contribution is 2.13. The van der Waals surface area contributed by atoms with Crippen LogP contribution in [0.1, 0.15) is 21.5 Å². The van der Waals surface area contributed by atoms with Gasteiger partial charge in [-0.05, 0) is 25.5 Å². The van der Waals surface area contributed by atoms with Crippen LogP contribution in [0.3, 0.4) is 0 Å². The third kappa shape index (κ3) is 3.43. The molecule has 1 amide bonds. The predicted octanol–water partition coefficient (Wildman–Crippen LogP) is 1.92. The molecule has 1 aromatic rings. The lowest BCUT2D eigenvalue weighted by atomic mass is 10.0. The van der Waals surface area contributed by atoms with Crippen molar-refractivity contribution >= 4 is 5.91 Å². The summed E-state index contributed by atoms with van der Waals surface area (Å²) in [7, 11) is 0. The van der Waals surface area contributed by atoms with Gasteiger partial charge < -0.3 is 10.0 Å². The molecule has 0 radical (unpaired) electrons. The Labute approximate surface area is 102 Å². The van der Waals surface area contributed by atoms with Crippen LogP contribution in [0.15, 0.2) is 30.9 Å². The molecule has 1 aromatic carbocycles. The first-order valence-electron chi connectivity index (χ1n) is 5.68. The van der Waals surface area contributed by atoms with E-state index in [1.54, 1.807) is 11.0 Å². The van der Waals surface area contributed by atoms with Gasteiger partial charge in [0.2, 0.25) is 0 Å². The van der Waals surface area contributed by atoms with Crippen LogP contribution in [0.25, 0.3) is 0 Å². The number of hydrogen-bond acceptors (Lipinski definition) is 2. The first kappa shape index (κ1) is 13.5. The summed E-state index contributed by atoms with van der Waals surface area (Å²) in [5.41, 5.74) is 2.78. The predicted molar refractivity (Wildman–Crippen MR) is 69.1 cm³/mol. The van der Waals surface area contributed by atoms with E-state index in [4.69, 9.17) is 5.11 Å². The maximum atomic E-state index is 12.2. The monoisotopic (exact) mass is 233 g/mol. The van der Waals surface area contributed by atoms with E-state index < -0.39 is 0 Å². The molecule has 0 spiro atoms. The lowest BCUT2D eigenvalue weighted by Crippen LogP contribution is -2.34. The SMILES string of the molecule is C=CCN(CCO)C(=O)c1ccc(C)cc1C. The number of aliphatic hydroxyl groups is 1. The Balaban J connectivity index is 2.96. The first-order valence-corrected chi connectivity index (χ1v) is 5.68. The molecule has 0 aliphatic heterocycles. The molecule has 17 heavy (non-hydrogen) atoms. The van der Waals surface area contributed by atoms with E-state index in [-0.39, 0.29) is 12.5 Å². The molecule has 3 heteroatoms. The zero-order valence-electron chi connectivity index (χ0n) is 10.4. The molecule has 0 fully saturated rings. The molecule has 0 bridgehead atoms. The molecule has 0 aromatic heterocycles. The van der Waals surface area contributed by atoms with E-state index >= 15 is 0 Å². The molecule has 0 aliphatic rings. The molecule has 0 atom stereocenters. The van der Waals surface area contributed by atoms with Gasteiger partial charge >= 0.3 is 0 Å². The third-order valence-electron chi connectivity index (χ3n) is 2.62. The van der Waals surface area contributed by atoms with E-state index in [2.05, 4.69) is 6.58 Å². The third-order valence-corrected chi connectivity index (χ3v) is 2.62. The zero-order chi connectivity index (χ0) is 12.8. The molecule has 0 unspecified atom stereocenters. The molecule has 1 N–H and O–H groups in total. The number of hydrogen-bond donors (Lipinski definition) is 1. The zero-order valence-corrected chi connectivity index (χ0v) is 10.4. The molecular formula is C14H19NO2. The van der Waals surface area contributed by atoms with E-state index in [1.165, 1.54) is 0 Å². The molecule has 92 valence electrons. The highest BCUT2D eigenvalue weighted by molar-refractivity contribution is 5.95. The number of nitrogens with zero attached hydrogens (tertiary/aromatic N) is 1. The lowest BCUT2D eigenvalue weighted by molar-refractivity contribution is 0.0742. The van der Waals surface area contributed by atoms with Gasteiger partial charge in [-0.2, -0.15) is 0 Å². The maximum Gasteiger partial charge on any atom is 0.254 e. The summed E-state index contributed by atoms with van der Waals surface area (Å²) in [5.74, 6) is -0.0588. The van der Waals surface area contributed by atoms with Crippen molar-refractivity contribution in [2.75, 3.05) is 19.7 Å². The van der Waals surface area contributed by atoms with Crippen molar-refractivity contribution in [2.45, 2.75) is 13.8 Å². The normalized spacial score (nSPS) is 10.1. The Kier molecular flexibility index (Phi) is 4.91. The molecule has 1 rings (SSSR count). The van der Waals surface area contributed by atoms with Gasteiger partial charge in [0.15, 0.2) is 0 Å². The van der Waals surface area contributed by atoms with Gasteiger partial charge in [-0.25, -0.2) is 0 Å². The highest BCUT2D eigenvalue weighted by Gasteiger charge is 2.15. The van der Waals surface area contributed by atoms with Gasteiger partial charge in [0.1, 0.15) is 0 Å². The number of amides is 1. The number of benzene rings is 1. The standard InChI is InChI=1S/C14H19NO2/c1-4-7-15(8-9-16)14(17)13-6-5-11(2)10-12(13)3/h4-6,10,16H,1,7-9H2,2-3H3. The van der Waals surface area contributed by atoms with E-state index in [9.17, 15) is 4.79 Å². The van der Waals surface area contributed by atoms with Crippen molar-refractivity contribution in [1.29, 1.82) is 0 Å². The summed E-state index contributed by atoms with van der Waals surface area (Å²) in [5, 5.41) is 8.94. The van der Waals surface area contributed by atoms with Gasteiger partial charge in [0.05, 0.1) is 6.61 Å². The average Bonchev–Trinajstić information content (AvgIpc) is 2.28. The Bertz CT molecular complexity index is 413. The molecular weight excluding hydrogens is 214 g/mol. The highest BCUT2D eigenvalue weighted by atomic mass is 16.3. The number of carbonyl (C=O) groups is 1. The molecule has 3 nitrogen and oxygen atoms in total. The fourth-order valence-electron chi connectivity index (χ4n) is 1.78. The number of aryl methyl sites for hydroxylation is 2. The summed E-state index contributed by atoms with van der Waals surface area (Å²) in [6.07, 6.45) is 1.66. The Hall–Kier alpha value is -1.61. The second kappa shape index (κ2) is 6.21. The fraction of sp³-hybridized carbons (Fsp3) is 0.357. The van der Waals surface area contributed by atoms with Crippen LogP contribution in [-0.4, -0.2) is 35.6 Å². The second-order valence-electron chi connectivity index (χ2n) is 4.08. The topological polar surface area (TPSA) is 40.5 Å². The number of carbonyl (C=O) groups excluding carboxylic acids is 1. The van der Waals surface area contributed by atoms with Crippen molar-refractivity contribution in [3.8, 4) is 0 Å². The van der Waals surface area contributed by atoms with E-state index in [1.807, 2.05) is 32.0 Å². The Morgan fingerprint density at radius 2 is 2.18 bits per heavy atom. The van der Waals surface area contributed by atoms with Gasteiger partial charge in [0, 0.05) is 18.7 Å². The van der Waals surface area contributed by atoms with Crippen molar-refractivity contribution < 1.29 is 9.90 Å². The summed E-state index contributed by atoms with van der Waals surface area (Å²) < 4.78 is 0. The van der Waals surface area contributed by atoms with E-state index in [0.29, 0.717) is 18.7 Å². The Morgan fingerprint density at radius 3 is 2.71 bits per heavy atom. The van der Waals surface area contributed by atoms with E-state index in [0.717, 1.165) is 11.1 Å². The Morgan fingerprint density at radius 1 is 1.47 bits per heavy atom.